The summed E-state index contributed by atoms with van der Waals surface area (Å²) in [7, 11) is 0. The number of aryl methyl sites for hydroxylation is 1. The predicted octanol–water partition coefficient (Wildman–Crippen LogP) is 4.68. The van der Waals surface area contributed by atoms with Crippen molar-refractivity contribution in [3.63, 3.8) is 0 Å². The van der Waals surface area contributed by atoms with Crippen molar-refractivity contribution >= 4 is 49.4 Å². The molecular formula is C19H20Br2N2O3. The number of carbonyl (C=O) groups excluding carboxylic acids is 2. The minimum Gasteiger partial charge on any atom is -0.482 e. The zero-order valence-electron chi connectivity index (χ0n) is 14.7. The van der Waals surface area contributed by atoms with Gasteiger partial charge in [-0.25, -0.2) is 0 Å². The lowest BCUT2D eigenvalue weighted by Gasteiger charge is -2.13. The Morgan fingerprint density at radius 1 is 1.15 bits per heavy atom. The molecule has 2 aromatic carbocycles. The van der Waals surface area contributed by atoms with Crippen LogP contribution >= 0.6 is 31.9 Å². The van der Waals surface area contributed by atoms with Crippen LogP contribution in [0.25, 0.3) is 0 Å². The lowest BCUT2D eigenvalue weighted by Crippen LogP contribution is -2.30. The first kappa shape index (κ1) is 20.5. The maximum absolute atomic E-state index is 12.2. The first-order valence-electron chi connectivity index (χ1n) is 8.05. The summed E-state index contributed by atoms with van der Waals surface area (Å²) in [4.78, 5) is 24.2. The molecule has 0 unspecified atom stereocenters. The largest absolute Gasteiger partial charge is 0.482 e. The summed E-state index contributed by atoms with van der Waals surface area (Å²) >= 11 is 6.84. The first-order valence-corrected chi connectivity index (χ1v) is 9.64. The van der Waals surface area contributed by atoms with E-state index in [0.29, 0.717) is 17.0 Å². The molecule has 0 aromatic heterocycles. The van der Waals surface area contributed by atoms with E-state index < -0.39 is 0 Å². The molecular weight excluding hydrogens is 464 g/mol. The highest BCUT2D eigenvalue weighted by molar-refractivity contribution is 9.11. The number of hydrogen-bond donors (Lipinski definition) is 2. The van der Waals surface area contributed by atoms with Crippen LogP contribution in [0.1, 0.15) is 29.8 Å². The van der Waals surface area contributed by atoms with E-state index in [-0.39, 0.29) is 24.5 Å². The van der Waals surface area contributed by atoms with Gasteiger partial charge in [0.1, 0.15) is 5.75 Å². The fourth-order valence-electron chi connectivity index (χ4n) is 2.29. The van der Waals surface area contributed by atoms with Gasteiger partial charge in [0.15, 0.2) is 6.61 Å². The molecule has 138 valence electrons. The van der Waals surface area contributed by atoms with Crippen LogP contribution in [0.15, 0.2) is 45.3 Å². The van der Waals surface area contributed by atoms with Gasteiger partial charge in [-0.2, -0.15) is 0 Å². The number of carbonyl (C=O) groups is 2. The van der Waals surface area contributed by atoms with Crippen LogP contribution in [0.5, 0.6) is 5.75 Å². The lowest BCUT2D eigenvalue weighted by atomic mass is 10.1. The molecule has 2 N–H and O–H groups in total. The molecule has 0 heterocycles. The Morgan fingerprint density at radius 3 is 2.54 bits per heavy atom. The zero-order valence-corrected chi connectivity index (χ0v) is 17.9. The van der Waals surface area contributed by atoms with Gasteiger partial charge in [-0.1, -0.05) is 22.0 Å². The topological polar surface area (TPSA) is 67.4 Å². The van der Waals surface area contributed by atoms with Gasteiger partial charge in [-0.15, -0.1) is 0 Å². The Hall–Kier alpha value is -1.86. The number of amides is 2. The monoisotopic (exact) mass is 482 g/mol. The Kier molecular flexibility index (Phi) is 7.23. The van der Waals surface area contributed by atoms with Gasteiger partial charge in [-0.05, 0) is 72.6 Å². The molecule has 0 radical (unpaired) electrons. The smallest absolute Gasteiger partial charge is 0.262 e. The van der Waals surface area contributed by atoms with E-state index in [4.69, 9.17) is 4.74 Å². The first-order chi connectivity index (χ1) is 12.3. The Labute approximate surface area is 169 Å². The molecule has 5 nitrogen and oxygen atoms in total. The van der Waals surface area contributed by atoms with E-state index in [2.05, 4.69) is 42.5 Å². The van der Waals surface area contributed by atoms with Crippen LogP contribution < -0.4 is 15.4 Å². The molecule has 0 fully saturated rings. The van der Waals surface area contributed by atoms with E-state index in [0.717, 1.165) is 14.5 Å². The molecule has 0 aliphatic heterocycles. The summed E-state index contributed by atoms with van der Waals surface area (Å²) < 4.78 is 7.32. The van der Waals surface area contributed by atoms with Gasteiger partial charge in [-0.3, -0.25) is 9.59 Å². The average Bonchev–Trinajstić information content (AvgIpc) is 2.53. The highest BCUT2D eigenvalue weighted by atomic mass is 79.9. The van der Waals surface area contributed by atoms with Crippen molar-refractivity contribution in [2.75, 3.05) is 11.9 Å². The van der Waals surface area contributed by atoms with Crippen molar-refractivity contribution in [2.24, 2.45) is 0 Å². The average molecular weight is 484 g/mol. The molecule has 2 aromatic rings. The van der Waals surface area contributed by atoms with Crippen LogP contribution in [0.2, 0.25) is 0 Å². The number of benzene rings is 2. The SMILES string of the molecule is Cc1cc(Br)cc(Br)c1OCC(=O)Nc1cccc(C(=O)NC(C)C)c1. The Bertz CT molecular complexity index is 799. The Balaban J connectivity index is 1.99. The van der Waals surface area contributed by atoms with Gasteiger partial charge in [0.05, 0.1) is 4.47 Å². The van der Waals surface area contributed by atoms with E-state index in [1.807, 2.05) is 32.9 Å². The summed E-state index contributed by atoms with van der Waals surface area (Å²) in [5, 5.41) is 5.56. The van der Waals surface area contributed by atoms with E-state index >= 15 is 0 Å². The fraction of sp³-hybridized carbons (Fsp3) is 0.263. The van der Waals surface area contributed by atoms with Crippen LogP contribution in [0, 0.1) is 6.92 Å². The maximum atomic E-state index is 12.2. The fourth-order valence-corrected chi connectivity index (χ4v) is 3.84. The molecule has 0 saturated heterocycles. The summed E-state index contributed by atoms with van der Waals surface area (Å²) in [5.41, 5.74) is 1.94. The molecule has 2 amide bonds. The van der Waals surface area contributed by atoms with Crippen LogP contribution in [-0.2, 0) is 4.79 Å². The minimum atomic E-state index is -0.305. The highest BCUT2D eigenvalue weighted by Crippen LogP contribution is 2.32. The summed E-state index contributed by atoms with van der Waals surface area (Å²) in [6, 6.07) is 10.6. The molecule has 7 heteroatoms. The lowest BCUT2D eigenvalue weighted by molar-refractivity contribution is -0.118. The summed E-state index contributed by atoms with van der Waals surface area (Å²) in [6.45, 7) is 5.55. The molecule has 0 saturated carbocycles. The quantitative estimate of drug-likeness (QED) is 0.627. The number of nitrogens with one attached hydrogen (secondary N) is 2. The number of ether oxygens (including phenoxy) is 1. The number of halogens is 2. The van der Waals surface area contributed by atoms with Crippen LogP contribution in [0.3, 0.4) is 0 Å². The van der Waals surface area contributed by atoms with Crippen molar-refractivity contribution in [1.29, 1.82) is 0 Å². The molecule has 0 atom stereocenters. The molecule has 0 bridgehead atoms. The maximum Gasteiger partial charge on any atom is 0.262 e. The van der Waals surface area contributed by atoms with Gasteiger partial charge in [0.25, 0.3) is 11.8 Å². The van der Waals surface area contributed by atoms with Crippen molar-refractivity contribution < 1.29 is 14.3 Å². The van der Waals surface area contributed by atoms with Crippen molar-refractivity contribution in [2.45, 2.75) is 26.8 Å². The van der Waals surface area contributed by atoms with Gasteiger partial charge >= 0.3 is 0 Å². The second-order valence-corrected chi connectivity index (χ2v) is 7.85. The van der Waals surface area contributed by atoms with Crippen molar-refractivity contribution in [1.82, 2.24) is 5.32 Å². The van der Waals surface area contributed by atoms with E-state index in [9.17, 15) is 9.59 Å². The normalized spacial score (nSPS) is 10.5. The molecule has 0 spiro atoms. The number of hydrogen-bond acceptors (Lipinski definition) is 3. The number of rotatable bonds is 6. The highest BCUT2D eigenvalue weighted by Gasteiger charge is 2.11. The third kappa shape index (κ3) is 5.85. The second kappa shape index (κ2) is 9.19. The minimum absolute atomic E-state index is 0.0433. The molecule has 26 heavy (non-hydrogen) atoms. The third-order valence-corrected chi connectivity index (χ3v) is 4.42. The molecule has 2 rings (SSSR count). The van der Waals surface area contributed by atoms with Crippen molar-refractivity contribution in [3.05, 3.63) is 56.5 Å². The molecule has 0 aliphatic carbocycles. The van der Waals surface area contributed by atoms with E-state index in [1.165, 1.54) is 0 Å². The van der Waals surface area contributed by atoms with Crippen LogP contribution in [-0.4, -0.2) is 24.5 Å². The van der Waals surface area contributed by atoms with Crippen molar-refractivity contribution in [3.8, 4) is 5.75 Å². The standard InChI is InChI=1S/C19H20Br2N2O3/c1-11(2)22-19(25)13-5-4-6-15(8-13)23-17(24)10-26-18-12(3)7-14(20)9-16(18)21/h4-9,11H,10H2,1-3H3,(H,22,25)(H,23,24). The van der Waals surface area contributed by atoms with Gasteiger partial charge < -0.3 is 15.4 Å². The summed E-state index contributed by atoms with van der Waals surface area (Å²) in [6.07, 6.45) is 0. The summed E-state index contributed by atoms with van der Waals surface area (Å²) in [5.74, 6) is 0.135. The Morgan fingerprint density at radius 2 is 1.88 bits per heavy atom. The third-order valence-electron chi connectivity index (χ3n) is 3.37. The van der Waals surface area contributed by atoms with Crippen LogP contribution in [0.4, 0.5) is 5.69 Å². The molecule has 0 aliphatic rings. The number of anilines is 1. The zero-order chi connectivity index (χ0) is 19.3. The predicted molar refractivity (Wildman–Crippen MR) is 110 cm³/mol. The second-order valence-electron chi connectivity index (χ2n) is 6.08. The van der Waals surface area contributed by atoms with Gasteiger partial charge in [0.2, 0.25) is 0 Å². The van der Waals surface area contributed by atoms with Gasteiger partial charge in [0, 0.05) is 21.8 Å². The van der Waals surface area contributed by atoms with E-state index in [1.54, 1.807) is 24.3 Å².